The fourth-order valence-corrected chi connectivity index (χ4v) is 2.39. The summed E-state index contributed by atoms with van der Waals surface area (Å²) in [4.78, 5) is 11.6. The van der Waals surface area contributed by atoms with Gasteiger partial charge in [-0.15, -0.1) is 10.2 Å². The van der Waals surface area contributed by atoms with Crippen molar-refractivity contribution in [2.75, 3.05) is 26.5 Å². The Kier molecular flexibility index (Phi) is 6.28. The Morgan fingerprint density at radius 3 is 2.83 bits per heavy atom. The number of methoxy groups -OCH3 is 2. The number of ether oxygens (including phenoxy) is 2. The van der Waals surface area contributed by atoms with E-state index in [2.05, 4.69) is 15.5 Å². The van der Waals surface area contributed by atoms with Gasteiger partial charge in [0.15, 0.2) is 0 Å². The first-order valence-corrected chi connectivity index (χ1v) is 8.11. The van der Waals surface area contributed by atoms with Crippen LogP contribution in [0.15, 0.2) is 27.8 Å². The van der Waals surface area contributed by atoms with E-state index < -0.39 is 0 Å². The van der Waals surface area contributed by atoms with E-state index in [0.717, 1.165) is 6.42 Å². The molecule has 0 atom stereocenters. The highest BCUT2D eigenvalue weighted by Crippen LogP contribution is 2.33. The first kappa shape index (κ1) is 17.1. The smallest absolute Gasteiger partial charge is 0.277 e. The van der Waals surface area contributed by atoms with Crippen molar-refractivity contribution in [3.05, 3.63) is 18.2 Å². The van der Waals surface area contributed by atoms with Crippen LogP contribution in [0.5, 0.6) is 11.5 Å². The van der Waals surface area contributed by atoms with Crippen LogP contribution in [0, 0.1) is 0 Å². The van der Waals surface area contributed by atoms with Crippen molar-refractivity contribution in [3.8, 4) is 23.0 Å². The van der Waals surface area contributed by atoms with E-state index in [0.29, 0.717) is 34.7 Å². The second-order valence-corrected chi connectivity index (χ2v) is 5.50. The molecular formula is C15H19N3O4S. The zero-order valence-corrected chi connectivity index (χ0v) is 14.1. The van der Waals surface area contributed by atoms with E-state index in [-0.39, 0.29) is 11.7 Å². The molecule has 0 aliphatic carbocycles. The van der Waals surface area contributed by atoms with Gasteiger partial charge in [0.05, 0.1) is 25.5 Å². The zero-order chi connectivity index (χ0) is 16.7. The van der Waals surface area contributed by atoms with Gasteiger partial charge in [-0.05, 0) is 18.6 Å². The average molecular weight is 337 g/mol. The lowest BCUT2D eigenvalue weighted by Crippen LogP contribution is -2.25. The summed E-state index contributed by atoms with van der Waals surface area (Å²) in [5, 5.41) is 11.1. The van der Waals surface area contributed by atoms with Crippen LogP contribution in [0.4, 0.5) is 0 Å². The van der Waals surface area contributed by atoms with E-state index in [1.807, 2.05) is 6.92 Å². The molecule has 0 unspecified atom stereocenters. The summed E-state index contributed by atoms with van der Waals surface area (Å²) >= 11 is 1.20. The number of carbonyl (C=O) groups excluding carboxylic acids is 1. The summed E-state index contributed by atoms with van der Waals surface area (Å²) in [6.45, 7) is 2.66. The Labute approximate surface area is 138 Å². The molecule has 7 nitrogen and oxygen atoms in total. The molecule has 1 heterocycles. The lowest BCUT2D eigenvalue weighted by atomic mass is 10.2. The number of nitrogens with one attached hydrogen (secondary N) is 1. The lowest BCUT2D eigenvalue weighted by Gasteiger charge is -2.07. The minimum Gasteiger partial charge on any atom is -0.497 e. The van der Waals surface area contributed by atoms with Gasteiger partial charge in [0.1, 0.15) is 11.5 Å². The summed E-state index contributed by atoms with van der Waals surface area (Å²) in [5.74, 6) is 1.76. The highest BCUT2D eigenvalue weighted by Gasteiger charge is 2.15. The molecule has 2 rings (SSSR count). The second kappa shape index (κ2) is 8.42. The second-order valence-electron chi connectivity index (χ2n) is 4.58. The minimum absolute atomic E-state index is 0.0568. The van der Waals surface area contributed by atoms with Crippen molar-refractivity contribution in [3.63, 3.8) is 0 Å². The van der Waals surface area contributed by atoms with Crippen molar-refractivity contribution in [1.82, 2.24) is 15.5 Å². The van der Waals surface area contributed by atoms with Gasteiger partial charge in [0.25, 0.3) is 11.1 Å². The quantitative estimate of drug-likeness (QED) is 0.740. The van der Waals surface area contributed by atoms with Crippen molar-refractivity contribution >= 4 is 17.7 Å². The molecule has 1 aromatic carbocycles. The Morgan fingerprint density at radius 2 is 2.13 bits per heavy atom. The normalized spacial score (nSPS) is 10.4. The maximum atomic E-state index is 11.6. The third kappa shape index (κ3) is 4.62. The van der Waals surface area contributed by atoms with Crippen LogP contribution in [0.1, 0.15) is 13.3 Å². The number of hydrogen-bond donors (Lipinski definition) is 1. The number of thioether (sulfide) groups is 1. The number of amides is 1. The van der Waals surface area contributed by atoms with E-state index in [1.54, 1.807) is 32.4 Å². The number of benzene rings is 1. The van der Waals surface area contributed by atoms with Crippen LogP contribution < -0.4 is 14.8 Å². The van der Waals surface area contributed by atoms with Crippen LogP contribution in [0.2, 0.25) is 0 Å². The monoisotopic (exact) mass is 337 g/mol. The largest absolute Gasteiger partial charge is 0.497 e. The van der Waals surface area contributed by atoms with Gasteiger partial charge in [-0.1, -0.05) is 18.7 Å². The number of nitrogens with zero attached hydrogens (tertiary/aromatic N) is 2. The standard InChI is InChI=1S/C15H19N3O4S/c1-4-7-16-13(19)9-23-15-18-17-14(22-15)11-6-5-10(20-2)8-12(11)21-3/h5-6,8H,4,7,9H2,1-3H3,(H,16,19). The van der Waals surface area contributed by atoms with Gasteiger partial charge in [0.2, 0.25) is 5.91 Å². The fourth-order valence-electron chi connectivity index (χ4n) is 1.79. The zero-order valence-electron chi connectivity index (χ0n) is 13.3. The SMILES string of the molecule is CCCNC(=O)CSc1nnc(-c2ccc(OC)cc2OC)o1. The summed E-state index contributed by atoms with van der Waals surface area (Å²) in [5.41, 5.74) is 0.670. The van der Waals surface area contributed by atoms with Crippen molar-refractivity contribution in [2.45, 2.75) is 18.6 Å². The predicted octanol–water partition coefficient (Wildman–Crippen LogP) is 2.37. The van der Waals surface area contributed by atoms with Gasteiger partial charge >= 0.3 is 0 Å². The maximum absolute atomic E-state index is 11.6. The first-order valence-electron chi connectivity index (χ1n) is 7.13. The minimum atomic E-state index is -0.0568. The van der Waals surface area contributed by atoms with Gasteiger partial charge in [-0.2, -0.15) is 0 Å². The molecule has 0 fully saturated rings. The average Bonchev–Trinajstić information content (AvgIpc) is 3.06. The van der Waals surface area contributed by atoms with E-state index >= 15 is 0 Å². The van der Waals surface area contributed by atoms with Crippen LogP contribution in [-0.2, 0) is 4.79 Å². The van der Waals surface area contributed by atoms with E-state index in [4.69, 9.17) is 13.9 Å². The lowest BCUT2D eigenvalue weighted by molar-refractivity contribution is -0.118. The van der Waals surface area contributed by atoms with E-state index in [9.17, 15) is 4.79 Å². The number of aromatic nitrogens is 2. The molecule has 1 aromatic heterocycles. The Hall–Kier alpha value is -2.22. The molecule has 1 amide bonds. The maximum Gasteiger partial charge on any atom is 0.277 e. The molecule has 0 spiro atoms. The molecular weight excluding hydrogens is 318 g/mol. The number of hydrogen-bond acceptors (Lipinski definition) is 7. The topological polar surface area (TPSA) is 86.5 Å². The molecule has 0 saturated carbocycles. The van der Waals surface area contributed by atoms with Crippen molar-refractivity contribution < 1.29 is 18.7 Å². The highest BCUT2D eigenvalue weighted by atomic mass is 32.2. The van der Waals surface area contributed by atoms with Crippen LogP contribution in [-0.4, -0.2) is 42.6 Å². The number of carbonyl (C=O) groups is 1. The first-order chi connectivity index (χ1) is 11.2. The van der Waals surface area contributed by atoms with Crippen LogP contribution >= 0.6 is 11.8 Å². The molecule has 2 aromatic rings. The summed E-state index contributed by atoms with van der Waals surface area (Å²) in [6, 6.07) is 5.31. The molecule has 8 heteroatoms. The third-order valence-electron chi connectivity index (χ3n) is 2.94. The van der Waals surface area contributed by atoms with Crippen molar-refractivity contribution in [2.24, 2.45) is 0 Å². The molecule has 0 saturated heterocycles. The van der Waals surface area contributed by atoms with Gasteiger partial charge < -0.3 is 19.2 Å². The van der Waals surface area contributed by atoms with Crippen LogP contribution in [0.25, 0.3) is 11.5 Å². The molecule has 0 aliphatic rings. The highest BCUT2D eigenvalue weighted by molar-refractivity contribution is 7.99. The van der Waals surface area contributed by atoms with Gasteiger partial charge in [-0.25, -0.2) is 0 Å². The Morgan fingerprint density at radius 1 is 1.30 bits per heavy atom. The van der Waals surface area contributed by atoms with Gasteiger partial charge in [-0.3, -0.25) is 4.79 Å². The summed E-state index contributed by atoms with van der Waals surface area (Å²) in [6.07, 6.45) is 0.901. The summed E-state index contributed by atoms with van der Waals surface area (Å²) in [7, 11) is 3.14. The summed E-state index contributed by atoms with van der Waals surface area (Å²) < 4.78 is 16.1. The molecule has 0 bridgehead atoms. The molecule has 0 radical (unpaired) electrons. The fraction of sp³-hybridized carbons (Fsp3) is 0.400. The molecule has 23 heavy (non-hydrogen) atoms. The molecule has 1 N–H and O–H groups in total. The van der Waals surface area contributed by atoms with Crippen LogP contribution in [0.3, 0.4) is 0 Å². The Balaban J connectivity index is 2.06. The van der Waals surface area contributed by atoms with Crippen molar-refractivity contribution in [1.29, 1.82) is 0 Å². The predicted molar refractivity (Wildman–Crippen MR) is 86.9 cm³/mol. The third-order valence-corrected chi connectivity index (χ3v) is 3.76. The Bertz CT molecular complexity index is 660. The van der Waals surface area contributed by atoms with Gasteiger partial charge in [0, 0.05) is 12.6 Å². The molecule has 0 aliphatic heterocycles. The number of rotatable bonds is 8. The van der Waals surface area contributed by atoms with E-state index in [1.165, 1.54) is 11.8 Å². The molecule has 124 valence electrons.